The molecule has 0 saturated heterocycles. The molecule has 0 aliphatic carbocycles. The Morgan fingerprint density at radius 2 is 2.07 bits per heavy atom. The summed E-state index contributed by atoms with van der Waals surface area (Å²) in [5.41, 5.74) is 6.46. The highest BCUT2D eigenvalue weighted by Gasteiger charge is 2.06. The van der Waals surface area contributed by atoms with Crippen molar-refractivity contribution in [3.63, 3.8) is 0 Å². The lowest BCUT2D eigenvalue weighted by Gasteiger charge is -2.00. The fourth-order valence-corrected chi connectivity index (χ4v) is 1.29. The zero-order chi connectivity index (χ0) is 10.7. The largest absolute Gasteiger partial charge is 0.366 e. The summed E-state index contributed by atoms with van der Waals surface area (Å²) < 4.78 is 1.29. The van der Waals surface area contributed by atoms with Crippen molar-refractivity contribution in [2.75, 3.05) is 11.6 Å². The molecular formula is C9H12N6. The highest BCUT2D eigenvalue weighted by molar-refractivity contribution is 5.17. The van der Waals surface area contributed by atoms with Gasteiger partial charge in [0.1, 0.15) is 0 Å². The smallest absolute Gasteiger partial charge is 0.240 e. The summed E-state index contributed by atoms with van der Waals surface area (Å²) in [6.45, 7) is 0. The van der Waals surface area contributed by atoms with Crippen molar-refractivity contribution in [3.8, 4) is 0 Å². The maximum atomic E-state index is 5.61. The minimum absolute atomic E-state index is 0.228. The molecule has 2 aromatic heterocycles. The summed E-state index contributed by atoms with van der Waals surface area (Å²) in [6, 6.07) is 5.79. The van der Waals surface area contributed by atoms with Crippen LogP contribution in [0.4, 0.5) is 5.95 Å². The number of pyridine rings is 1. The van der Waals surface area contributed by atoms with E-state index >= 15 is 0 Å². The highest BCUT2D eigenvalue weighted by Crippen LogP contribution is 2.03. The van der Waals surface area contributed by atoms with Gasteiger partial charge in [-0.15, -0.1) is 10.2 Å². The van der Waals surface area contributed by atoms with Crippen molar-refractivity contribution in [2.24, 2.45) is 0 Å². The van der Waals surface area contributed by atoms with Gasteiger partial charge in [-0.2, -0.15) is 0 Å². The Morgan fingerprint density at radius 1 is 1.20 bits per heavy atom. The summed E-state index contributed by atoms with van der Waals surface area (Å²) in [4.78, 5) is 4.20. The first-order valence-electron chi connectivity index (χ1n) is 4.62. The van der Waals surface area contributed by atoms with Gasteiger partial charge in [0.25, 0.3) is 0 Å². The van der Waals surface area contributed by atoms with E-state index in [1.165, 1.54) is 4.68 Å². The third kappa shape index (κ3) is 2.04. The Labute approximate surface area is 86.9 Å². The summed E-state index contributed by atoms with van der Waals surface area (Å²) in [5, 5.41) is 7.54. The van der Waals surface area contributed by atoms with Gasteiger partial charge in [0.05, 0.1) is 0 Å². The number of aryl methyl sites for hydroxylation is 2. The SMILES string of the molecule is Nc1nnc(CCc2ccccn2)n1N. The Morgan fingerprint density at radius 3 is 2.67 bits per heavy atom. The van der Waals surface area contributed by atoms with Gasteiger partial charge in [0.15, 0.2) is 5.82 Å². The fourth-order valence-electron chi connectivity index (χ4n) is 1.29. The number of nitrogens with two attached hydrogens (primary N) is 2. The van der Waals surface area contributed by atoms with Gasteiger partial charge >= 0.3 is 0 Å². The second-order valence-corrected chi connectivity index (χ2v) is 3.17. The third-order valence-electron chi connectivity index (χ3n) is 2.12. The minimum Gasteiger partial charge on any atom is -0.366 e. The summed E-state index contributed by atoms with van der Waals surface area (Å²) in [7, 11) is 0. The summed E-state index contributed by atoms with van der Waals surface area (Å²) in [5.74, 6) is 6.51. The lowest BCUT2D eigenvalue weighted by molar-refractivity contribution is 0.791. The molecule has 0 saturated carbocycles. The van der Waals surface area contributed by atoms with E-state index in [1.54, 1.807) is 6.20 Å². The van der Waals surface area contributed by atoms with Crippen LogP contribution in [-0.4, -0.2) is 19.9 Å². The number of anilines is 1. The normalized spacial score (nSPS) is 10.4. The molecule has 2 heterocycles. The number of nitrogens with zero attached hydrogens (tertiary/aromatic N) is 4. The number of hydrogen-bond acceptors (Lipinski definition) is 5. The molecule has 6 heteroatoms. The van der Waals surface area contributed by atoms with Crippen LogP contribution in [0.3, 0.4) is 0 Å². The lowest BCUT2D eigenvalue weighted by Crippen LogP contribution is -2.16. The fraction of sp³-hybridized carbons (Fsp3) is 0.222. The van der Waals surface area contributed by atoms with Crippen molar-refractivity contribution < 1.29 is 0 Å². The Hall–Kier alpha value is -2.11. The van der Waals surface area contributed by atoms with Crippen LogP contribution in [0.1, 0.15) is 11.5 Å². The summed E-state index contributed by atoms with van der Waals surface area (Å²) in [6.07, 6.45) is 3.21. The molecule has 0 atom stereocenters. The van der Waals surface area contributed by atoms with Crippen molar-refractivity contribution in [3.05, 3.63) is 35.9 Å². The van der Waals surface area contributed by atoms with Gasteiger partial charge in [-0.3, -0.25) is 4.98 Å². The third-order valence-corrected chi connectivity index (χ3v) is 2.12. The number of nitrogen functional groups attached to an aromatic ring is 2. The van der Waals surface area contributed by atoms with Crippen molar-refractivity contribution in [2.45, 2.75) is 12.8 Å². The standard InChI is InChI=1S/C9H12N6/c10-9-14-13-8(15(9)11)5-4-7-3-1-2-6-12-7/h1-3,6H,4-5,11H2,(H2,10,14). The molecule has 0 radical (unpaired) electrons. The molecule has 0 aliphatic heterocycles. The first-order chi connectivity index (χ1) is 7.27. The van der Waals surface area contributed by atoms with E-state index in [-0.39, 0.29) is 5.95 Å². The molecule has 78 valence electrons. The van der Waals surface area contributed by atoms with Crippen molar-refractivity contribution in [1.82, 2.24) is 19.9 Å². The molecule has 0 aliphatic rings. The van der Waals surface area contributed by atoms with Crippen LogP contribution in [0.5, 0.6) is 0 Å². The average Bonchev–Trinajstić information content (AvgIpc) is 2.59. The molecule has 2 aromatic rings. The molecule has 15 heavy (non-hydrogen) atoms. The molecule has 0 fully saturated rings. The second-order valence-electron chi connectivity index (χ2n) is 3.17. The predicted molar refractivity (Wildman–Crippen MR) is 56.2 cm³/mol. The molecule has 6 nitrogen and oxygen atoms in total. The number of aromatic nitrogens is 4. The molecule has 0 aromatic carbocycles. The molecule has 4 N–H and O–H groups in total. The molecule has 0 unspecified atom stereocenters. The van der Waals surface area contributed by atoms with Gasteiger partial charge in [0.2, 0.25) is 5.95 Å². The first-order valence-corrected chi connectivity index (χ1v) is 4.62. The highest BCUT2D eigenvalue weighted by atomic mass is 15.4. The van der Waals surface area contributed by atoms with Crippen molar-refractivity contribution >= 4 is 5.95 Å². The van der Waals surface area contributed by atoms with Crippen LogP contribution in [0.15, 0.2) is 24.4 Å². The topological polar surface area (TPSA) is 95.6 Å². The van der Waals surface area contributed by atoms with Crippen LogP contribution in [0.25, 0.3) is 0 Å². The average molecular weight is 204 g/mol. The van der Waals surface area contributed by atoms with Crippen LogP contribution in [0, 0.1) is 0 Å². The molecule has 0 bridgehead atoms. The van der Waals surface area contributed by atoms with Crippen molar-refractivity contribution in [1.29, 1.82) is 0 Å². The maximum Gasteiger partial charge on any atom is 0.240 e. The van der Waals surface area contributed by atoms with E-state index in [4.69, 9.17) is 11.6 Å². The maximum absolute atomic E-state index is 5.61. The molecule has 0 spiro atoms. The predicted octanol–water partition coefficient (Wildman–Crippen LogP) is -0.246. The van der Waals surface area contributed by atoms with Crippen LogP contribution in [-0.2, 0) is 12.8 Å². The Kier molecular flexibility index (Phi) is 2.49. The second kappa shape index (κ2) is 3.95. The monoisotopic (exact) mass is 204 g/mol. The van der Waals surface area contributed by atoms with E-state index < -0.39 is 0 Å². The van der Waals surface area contributed by atoms with Gasteiger partial charge in [-0.25, -0.2) is 4.68 Å². The van der Waals surface area contributed by atoms with E-state index in [1.807, 2.05) is 18.2 Å². The quantitative estimate of drug-likeness (QED) is 0.672. The first kappa shape index (κ1) is 9.45. The van der Waals surface area contributed by atoms with Crippen LogP contribution >= 0.6 is 0 Å². The van der Waals surface area contributed by atoms with E-state index in [0.717, 1.165) is 12.1 Å². The Balaban J connectivity index is 2.02. The molecule has 2 rings (SSSR count). The Bertz CT molecular complexity index is 435. The van der Waals surface area contributed by atoms with Gasteiger partial charge in [0, 0.05) is 18.3 Å². The van der Waals surface area contributed by atoms with Gasteiger partial charge < -0.3 is 11.6 Å². The van der Waals surface area contributed by atoms with Gasteiger partial charge in [-0.1, -0.05) is 6.07 Å². The van der Waals surface area contributed by atoms with E-state index in [0.29, 0.717) is 12.2 Å². The van der Waals surface area contributed by atoms with Gasteiger partial charge in [-0.05, 0) is 18.6 Å². The number of rotatable bonds is 3. The summed E-state index contributed by atoms with van der Waals surface area (Å²) >= 11 is 0. The zero-order valence-electron chi connectivity index (χ0n) is 8.17. The van der Waals surface area contributed by atoms with Crippen LogP contribution < -0.4 is 11.6 Å². The van der Waals surface area contributed by atoms with E-state index in [2.05, 4.69) is 15.2 Å². The molecular weight excluding hydrogens is 192 g/mol. The van der Waals surface area contributed by atoms with E-state index in [9.17, 15) is 0 Å². The molecule has 0 amide bonds. The number of hydrogen-bond donors (Lipinski definition) is 2. The minimum atomic E-state index is 0.228. The lowest BCUT2D eigenvalue weighted by atomic mass is 10.2. The van der Waals surface area contributed by atoms with Crippen LogP contribution in [0.2, 0.25) is 0 Å². The zero-order valence-corrected chi connectivity index (χ0v) is 8.17.